The van der Waals surface area contributed by atoms with Crippen LogP contribution < -0.4 is 0 Å². The molecule has 1 aromatic rings. The molecule has 0 radical (unpaired) electrons. The molecule has 1 fully saturated rings. The molecule has 2 atom stereocenters. The minimum Gasteiger partial charge on any atom is -0.319 e. The van der Waals surface area contributed by atoms with Crippen molar-refractivity contribution in [3.8, 4) is 0 Å². The predicted molar refractivity (Wildman–Crippen MR) is 56.8 cm³/mol. The maximum absolute atomic E-state index is 5.78. The Bertz CT molecular complexity index is 291. The first-order valence-corrected chi connectivity index (χ1v) is 5.72. The van der Waals surface area contributed by atoms with Crippen molar-refractivity contribution in [1.82, 2.24) is 4.67 Å². The standard InChI is InChI=1S/C10H14NO2P/c1-11(2)14-12-8-10(13-14)9-6-4-3-5-7-9/h3-7,10H,8H2,1-2H3. The van der Waals surface area contributed by atoms with Gasteiger partial charge in [0.2, 0.25) is 0 Å². The van der Waals surface area contributed by atoms with Gasteiger partial charge in [0.15, 0.2) is 0 Å². The van der Waals surface area contributed by atoms with Gasteiger partial charge in [-0.1, -0.05) is 30.3 Å². The predicted octanol–water partition coefficient (Wildman–Crippen LogP) is 2.56. The Balaban J connectivity index is 2.03. The highest BCUT2D eigenvalue weighted by Crippen LogP contribution is 2.51. The Morgan fingerprint density at radius 1 is 1.29 bits per heavy atom. The van der Waals surface area contributed by atoms with E-state index in [1.54, 1.807) is 0 Å². The summed E-state index contributed by atoms with van der Waals surface area (Å²) in [5, 5.41) is 0. The van der Waals surface area contributed by atoms with Crippen LogP contribution in [0.5, 0.6) is 0 Å². The highest BCUT2D eigenvalue weighted by Gasteiger charge is 2.29. The van der Waals surface area contributed by atoms with Crippen LogP contribution in [0, 0.1) is 0 Å². The van der Waals surface area contributed by atoms with E-state index in [9.17, 15) is 0 Å². The number of hydrogen-bond donors (Lipinski definition) is 0. The molecule has 0 N–H and O–H groups in total. The van der Waals surface area contributed by atoms with Gasteiger partial charge < -0.3 is 9.05 Å². The zero-order chi connectivity index (χ0) is 9.97. The summed E-state index contributed by atoms with van der Waals surface area (Å²) in [7, 11) is 3.11. The molecule has 2 unspecified atom stereocenters. The molecule has 0 bridgehead atoms. The molecular formula is C10H14NO2P. The zero-order valence-corrected chi connectivity index (χ0v) is 9.28. The molecule has 2 rings (SSSR count). The van der Waals surface area contributed by atoms with E-state index in [2.05, 4.69) is 12.1 Å². The van der Waals surface area contributed by atoms with Crippen LogP contribution in [0.2, 0.25) is 0 Å². The lowest BCUT2D eigenvalue weighted by atomic mass is 10.1. The molecule has 0 aromatic heterocycles. The first-order chi connectivity index (χ1) is 6.77. The van der Waals surface area contributed by atoms with Gasteiger partial charge in [0.25, 0.3) is 8.53 Å². The Hall–Kier alpha value is -0.470. The van der Waals surface area contributed by atoms with Crippen molar-refractivity contribution in [2.75, 3.05) is 20.7 Å². The SMILES string of the molecule is CN(C)P1OCC(c2ccccc2)O1. The molecule has 0 amide bonds. The molecule has 3 nitrogen and oxygen atoms in total. The quantitative estimate of drug-likeness (QED) is 0.702. The smallest absolute Gasteiger partial charge is 0.258 e. The van der Waals surface area contributed by atoms with E-state index in [1.807, 2.05) is 37.0 Å². The van der Waals surface area contributed by atoms with Crippen LogP contribution in [0.1, 0.15) is 11.7 Å². The van der Waals surface area contributed by atoms with Crippen LogP contribution in [0.15, 0.2) is 30.3 Å². The molecule has 4 heteroatoms. The molecule has 0 spiro atoms. The zero-order valence-electron chi connectivity index (χ0n) is 8.38. The minimum atomic E-state index is -0.834. The second kappa shape index (κ2) is 4.37. The second-order valence-corrected chi connectivity index (χ2v) is 5.13. The topological polar surface area (TPSA) is 21.7 Å². The third kappa shape index (κ3) is 2.12. The van der Waals surface area contributed by atoms with Crippen LogP contribution in [0.3, 0.4) is 0 Å². The number of benzene rings is 1. The molecule has 14 heavy (non-hydrogen) atoms. The average molecular weight is 211 g/mol. The summed E-state index contributed by atoms with van der Waals surface area (Å²) in [5.41, 5.74) is 1.19. The van der Waals surface area contributed by atoms with Crippen LogP contribution in [-0.4, -0.2) is 25.4 Å². The Labute approximate surface area is 85.6 Å². The normalized spacial score (nSPS) is 27.1. The van der Waals surface area contributed by atoms with Gasteiger partial charge in [0, 0.05) is 0 Å². The van der Waals surface area contributed by atoms with E-state index < -0.39 is 8.53 Å². The van der Waals surface area contributed by atoms with Crippen molar-refractivity contribution >= 4 is 8.53 Å². The van der Waals surface area contributed by atoms with Gasteiger partial charge in [-0.25, -0.2) is 4.67 Å². The van der Waals surface area contributed by atoms with Gasteiger partial charge in [-0.3, -0.25) is 0 Å². The van der Waals surface area contributed by atoms with Gasteiger partial charge in [-0.15, -0.1) is 0 Å². The fourth-order valence-corrected chi connectivity index (χ4v) is 2.48. The van der Waals surface area contributed by atoms with Crippen molar-refractivity contribution in [2.45, 2.75) is 6.10 Å². The lowest BCUT2D eigenvalue weighted by Gasteiger charge is -2.15. The summed E-state index contributed by atoms with van der Waals surface area (Å²) in [5.74, 6) is 0. The summed E-state index contributed by atoms with van der Waals surface area (Å²) in [6.45, 7) is 0.661. The van der Waals surface area contributed by atoms with Gasteiger partial charge in [0.05, 0.1) is 6.61 Å². The summed E-state index contributed by atoms with van der Waals surface area (Å²) < 4.78 is 13.3. The third-order valence-corrected chi connectivity index (χ3v) is 3.51. The molecule has 0 aliphatic carbocycles. The summed E-state index contributed by atoms with van der Waals surface area (Å²) in [4.78, 5) is 0. The first kappa shape index (κ1) is 10.1. The van der Waals surface area contributed by atoms with Gasteiger partial charge in [-0.2, -0.15) is 0 Å². The van der Waals surface area contributed by atoms with Gasteiger partial charge >= 0.3 is 0 Å². The Morgan fingerprint density at radius 2 is 2.00 bits per heavy atom. The maximum atomic E-state index is 5.78. The van der Waals surface area contributed by atoms with E-state index in [0.29, 0.717) is 6.61 Å². The van der Waals surface area contributed by atoms with Crippen LogP contribution in [-0.2, 0) is 9.05 Å². The highest BCUT2D eigenvalue weighted by atomic mass is 31.2. The maximum Gasteiger partial charge on any atom is 0.258 e. The molecule has 1 saturated heterocycles. The lowest BCUT2D eigenvalue weighted by Crippen LogP contribution is -2.03. The molecule has 1 aliphatic rings. The molecule has 1 aliphatic heterocycles. The number of rotatable bonds is 2. The van der Waals surface area contributed by atoms with Crippen molar-refractivity contribution in [3.63, 3.8) is 0 Å². The van der Waals surface area contributed by atoms with E-state index in [-0.39, 0.29) is 6.10 Å². The van der Waals surface area contributed by atoms with Crippen molar-refractivity contribution in [2.24, 2.45) is 0 Å². The van der Waals surface area contributed by atoms with Gasteiger partial charge in [0.1, 0.15) is 6.10 Å². The molecule has 76 valence electrons. The summed E-state index contributed by atoms with van der Waals surface area (Å²) in [6, 6.07) is 10.2. The fraction of sp³-hybridized carbons (Fsp3) is 0.400. The summed E-state index contributed by atoms with van der Waals surface area (Å²) in [6.07, 6.45) is 0.102. The van der Waals surface area contributed by atoms with E-state index in [0.717, 1.165) is 0 Å². The average Bonchev–Trinajstić information content (AvgIpc) is 2.68. The number of hydrogen-bond acceptors (Lipinski definition) is 3. The lowest BCUT2D eigenvalue weighted by molar-refractivity contribution is 0.242. The van der Waals surface area contributed by atoms with Crippen molar-refractivity contribution < 1.29 is 9.05 Å². The molecule has 1 aromatic carbocycles. The van der Waals surface area contributed by atoms with Crippen molar-refractivity contribution in [3.05, 3.63) is 35.9 Å². The molecule has 0 saturated carbocycles. The van der Waals surface area contributed by atoms with Crippen LogP contribution in [0.25, 0.3) is 0 Å². The first-order valence-electron chi connectivity index (χ1n) is 4.59. The van der Waals surface area contributed by atoms with E-state index >= 15 is 0 Å². The van der Waals surface area contributed by atoms with Crippen molar-refractivity contribution in [1.29, 1.82) is 0 Å². The monoisotopic (exact) mass is 211 g/mol. The molecular weight excluding hydrogens is 197 g/mol. The largest absolute Gasteiger partial charge is 0.319 e. The van der Waals surface area contributed by atoms with Crippen LogP contribution in [0.4, 0.5) is 0 Å². The number of nitrogens with zero attached hydrogens (tertiary/aromatic N) is 1. The minimum absolute atomic E-state index is 0.102. The summed E-state index contributed by atoms with van der Waals surface area (Å²) >= 11 is 0. The van der Waals surface area contributed by atoms with Gasteiger partial charge in [-0.05, 0) is 19.7 Å². The highest BCUT2D eigenvalue weighted by molar-refractivity contribution is 7.44. The third-order valence-electron chi connectivity index (χ3n) is 2.05. The van der Waals surface area contributed by atoms with E-state index in [1.165, 1.54) is 5.56 Å². The second-order valence-electron chi connectivity index (χ2n) is 3.39. The Morgan fingerprint density at radius 3 is 2.57 bits per heavy atom. The molecule has 1 heterocycles. The fourth-order valence-electron chi connectivity index (χ4n) is 1.34. The van der Waals surface area contributed by atoms with Crippen LogP contribution >= 0.6 is 8.53 Å². The van der Waals surface area contributed by atoms with E-state index in [4.69, 9.17) is 9.05 Å². The Kier molecular flexibility index (Phi) is 3.14.